The van der Waals surface area contributed by atoms with Gasteiger partial charge in [-0.15, -0.1) is 0 Å². The summed E-state index contributed by atoms with van der Waals surface area (Å²) in [5, 5.41) is 14.0. The van der Waals surface area contributed by atoms with Gasteiger partial charge in [0.2, 0.25) is 11.9 Å². The Morgan fingerprint density at radius 3 is 2.94 bits per heavy atom. The van der Waals surface area contributed by atoms with Crippen LogP contribution in [0.1, 0.15) is 30.0 Å². The average Bonchev–Trinajstić information content (AvgIpc) is 3.32. The largest absolute Gasteiger partial charge is 0.347 e. The third-order valence-corrected chi connectivity index (χ3v) is 5.95. The Morgan fingerprint density at radius 1 is 1.38 bits per heavy atom. The number of aromatic nitrogens is 4. The number of amides is 1. The number of carbonyl (C=O) groups excluding carboxylic acids is 1. The van der Waals surface area contributed by atoms with Gasteiger partial charge in [0.25, 0.3) is 0 Å². The summed E-state index contributed by atoms with van der Waals surface area (Å²) in [5.74, 6) is 0.710. The van der Waals surface area contributed by atoms with Crippen molar-refractivity contribution in [2.45, 2.75) is 25.3 Å². The molecular weight excluding hydrogens is 426 g/mol. The van der Waals surface area contributed by atoms with Gasteiger partial charge in [-0.3, -0.25) is 9.48 Å². The highest BCUT2D eigenvalue weighted by Gasteiger charge is 2.28. The number of piperidine rings is 1. The second kappa shape index (κ2) is 9.37. The summed E-state index contributed by atoms with van der Waals surface area (Å²) in [6, 6.07) is 9.31. The molecule has 4 rings (SSSR count). The van der Waals surface area contributed by atoms with E-state index >= 15 is 0 Å². The van der Waals surface area contributed by atoms with Crippen LogP contribution in [0.5, 0.6) is 0 Å². The molecule has 1 aromatic carbocycles. The van der Waals surface area contributed by atoms with Crippen LogP contribution in [-0.4, -0.2) is 57.7 Å². The molecule has 9 heteroatoms. The molecule has 0 unspecified atom stereocenters. The zero-order chi connectivity index (χ0) is 22.7. The zero-order valence-electron chi connectivity index (χ0n) is 18.1. The van der Waals surface area contributed by atoms with E-state index in [0.717, 1.165) is 36.2 Å². The van der Waals surface area contributed by atoms with Crippen molar-refractivity contribution in [3.63, 3.8) is 0 Å². The number of nitrogens with zero attached hydrogens (tertiary/aromatic N) is 7. The highest BCUT2D eigenvalue weighted by Crippen LogP contribution is 2.35. The van der Waals surface area contributed by atoms with Gasteiger partial charge in [-0.1, -0.05) is 17.7 Å². The molecule has 1 aliphatic rings. The Bertz CT molecular complexity index is 1150. The quantitative estimate of drug-likeness (QED) is 0.593. The lowest BCUT2D eigenvalue weighted by molar-refractivity contribution is -0.133. The van der Waals surface area contributed by atoms with Crippen molar-refractivity contribution in [3.8, 4) is 17.2 Å². The molecule has 1 amide bonds. The Kier molecular flexibility index (Phi) is 6.37. The minimum Gasteiger partial charge on any atom is -0.347 e. The second-order valence-electron chi connectivity index (χ2n) is 8.05. The lowest BCUT2D eigenvalue weighted by Gasteiger charge is -2.33. The van der Waals surface area contributed by atoms with Gasteiger partial charge >= 0.3 is 0 Å². The predicted octanol–water partition coefficient (Wildman–Crippen LogP) is 3.34. The fourth-order valence-corrected chi connectivity index (χ4v) is 4.13. The van der Waals surface area contributed by atoms with Gasteiger partial charge in [0, 0.05) is 57.3 Å². The Hall–Kier alpha value is -3.44. The van der Waals surface area contributed by atoms with Gasteiger partial charge in [-0.05, 0) is 36.6 Å². The van der Waals surface area contributed by atoms with E-state index in [-0.39, 0.29) is 18.4 Å². The van der Waals surface area contributed by atoms with Gasteiger partial charge in [0.15, 0.2) is 0 Å². The van der Waals surface area contributed by atoms with Gasteiger partial charge in [-0.2, -0.15) is 10.4 Å². The van der Waals surface area contributed by atoms with Crippen LogP contribution in [0.3, 0.4) is 0 Å². The minimum atomic E-state index is 0.0418. The van der Waals surface area contributed by atoms with E-state index < -0.39 is 0 Å². The lowest BCUT2D eigenvalue weighted by Crippen LogP contribution is -2.41. The Labute approximate surface area is 192 Å². The number of anilines is 1. The number of likely N-dealkylation sites (tertiary alicyclic amines) is 1. The summed E-state index contributed by atoms with van der Waals surface area (Å²) < 4.78 is 1.64. The van der Waals surface area contributed by atoms with Gasteiger partial charge in [-0.25, -0.2) is 9.97 Å². The summed E-state index contributed by atoms with van der Waals surface area (Å²) in [7, 11) is 3.80. The third kappa shape index (κ3) is 4.58. The summed E-state index contributed by atoms with van der Waals surface area (Å²) >= 11 is 6.14. The molecule has 0 aliphatic carbocycles. The summed E-state index contributed by atoms with van der Waals surface area (Å²) in [6.07, 6.45) is 7.07. The Balaban J connectivity index is 1.67. The molecule has 1 saturated heterocycles. The summed E-state index contributed by atoms with van der Waals surface area (Å²) in [6.45, 7) is 1.52. The number of nitriles is 1. The van der Waals surface area contributed by atoms with E-state index in [4.69, 9.17) is 16.6 Å². The van der Waals surface area contributed by atoms with Crippen molar-refractivity contribution >= 4 is 23.5 Å². The molecule has 0 N–H and O–H groups in total. The SMILES string of the molecule is CN(C)c1ncc(-c2ccc(Cl)c(C#N)c2)c([C@@H]2CCCN(C(=O)Cn3cccn3)C2)n1. The van der Waals surface area contributed by atoms with Gasteiger partial charge < -0.3 is 9.80 Å². The molecule has 0 bridgehead atoms. The third-order valence-electron chi connectivity index (χ3n) is 5.62. The van der Waals surface area contributed by atoms with Crippen molar-refractivity contribution in [1.82, 2.24) is 24.6 Å². The fraction of sp³-hybridized carbons (Fsp3) is 0.348. The molecule has 32 heavy (non-hydrogen) atoms. The van der Waals surface area contributed by atoms with E-state index in [9.17, 15) is 10.1 Å². The molecule has 3 heterocycles. The molecule has 1 aliphatic heterocycles. The summed E-state index contributed by atoms with van der Waals surface area (Å²) in [5.41, 5.74) is 2.99. The van der Waals surface area contributed by atoms with Crippen LogP contribution in [0.15, 0.2) is 42.9 Å². The number of carbonyl (C=O) groups is 1. The van der Waals surface area contributed by atoms with Crippen LogP contribution in [-0.2, 0) is 11.3 Å². The maximum Gasteiger partial charge on any atom is 0.244 e. The highest BCUT2D eigenvalue weighted by molar-refractivity contribution is 6.31. The molecule has 0 spiro atoms. The predicted molar refractivity (Wildman–Crippen MR) is 122 cm³/mol. The average molecular weight is 450 g/mol. The number of halogens is 1. The van der Waals surface area contributed by atoms with E-state index in [2.05, 4.69) is 16.2 Å². The molecule has 1 fully saturated rings. The standard InChI is InChI=1S/C23H24ClN7O/c1-29(2)23-26-13-19(16-6-7-20(24)18(11-16)12-25)22(28-23)17-5-3-9-30(14-17)21(32)15-31-10-4-8-27-31/h4,6-8,10-11,13,17H,3,5,9,14-15H2,1-2H3/t17-/m1/s1. The zero-order valence-corrected chi connectivity index (χ0v) is 18.8. The van der Waals surface area contributed by atoms with Crippen LogP contribution < -0.4 is 4.90 Å². The highest BCUT2D eigenvalue weighted by atomic mass is 35.5. The maximum atomic E-state index is 12.9. The normalized spacial score (nSPS) is 15.9. The molecule has 2 aromatic heterocycles. The van der Waals surface area contributed by atoms with E-state index in [1.807, 2.05) is 36.0 Å². The van der Waals surface area contributed by atoms with Crippen molar-refractivity contribution in [1.29, 1.82) is 5.26 Å². The monoisotopic (exact) mass is 449 g/mol. The molecule has 0 saturated carbocycles. The van der Waals surface area contributed by atoms with Crippen LogP contribution >= 0.6 is 11.6 Å². The Morgan fingerprint density at radius 2 is 2.22 bits per heavy atom. The maximum absolute atomic E-state index is 12.9. The molecule has 8 nitrogen and oxygen atoms in total. The molecular formula is C23H24ClN7O. The second-order valence-corrected chi connectivity index (χ2v) is 8.46. The van der Waals surface area contributed by atoms with Crippen molar-refractivity contribution in [2.24, 2.45) is 0 Å². The van der Waals surface area contributed by atoms with Crippen molar-refractivity contribution in [2.75, 3.05) is 32.1 Å². The van der Waals surface area contributed by atoms with Crippen molar-refractivity contribution < 1.29 is 4.79 Å². The van der Waals surface area contributed by atoms with E-state index in [1.165, 1.54) is 0 Å². The van der Waals surface area contributed by atoms with E-state index in [1.54, 1.807) is 35.4 Å². The van der Waals surface area contributed by atoms with Crippen molar-refractivity contribution in [3.05, 3.63) is 59.1 Å². The molecule has 3 aromatic rings. The smallest absolute Gasteiger partial charge is 0.244 e. The van der Waals surface area contributed by atoms with Crippen LogP contribution in [0.4, 0.5) is 5.95 Å². The number of hydrogen-bond donors (Lipinski definition) is 0. The van der Waals surface area contributed by atoms with Gasteiger partial charge in [0.1, 0.15) is 12.6 Å². The fourth-order valence-electron chi connectivity index (χ4n) is 3.97. The van der Waals surface area contributed by atoms with Crippen LogP contribution in [0.2, 0.25) is 5.02 Å². The number of hydrogen-bond acceptors (Lipinski definition) is 6. The number of rotatable bonds is 5. The number of benzene rings is 1. The lowest BCUT2D eigenvalue weighted by atomic mass is 9.89. The minimum absolute atomic E-state index is 0.0418. The van der Waals surface area contributed by atoms with E-state index in [0.29, 0.717) is 23.1 Å². The molecule has 1 atom stereocenters. The first-order valence-electron chi connectivity index (χ1n) is 10.5. The first-order valence-corrected chi connectivity index (χ1v) is 10.8. The molecule has 0 radical (unpaired) electrons. The first kappa shape index (κ1) is 21.8. The first-order chi connectivity index (χ1) is 15.5. The van der Waals surface area contributed by atoms with Gasteiger partial charge in [0.05, 0.1) is 16.3 Å². The van der Waals surface area contributed by atoms with Crippen LogP contribution in [0.25, 0.3) is 11.1 Å². The topological polar surface area (TPSA) is 90.9 Å². The molecule has 164 valence electrons. The summed E-state index contributed by atoms with van der Waals surface area (Å²) in [4.78, 5) is 26.0. The van der Waals surface area contributed by atoms with Crippen LogP contribution in [0, 0.1) is 11.3 Å².